The maximum absolute atomic E-state index is 10.4. The lowest BCUT2D eigenvalue weighted by Crippen LogP contribution is -2.05. The Morgan fingerprint density at radius 2 is 2.08 bits per heavy atom. The molecule has 0 radical (unpaired) electrons. The van der Waals surface area contributed by atoms with E-state index in [4.69, 9.17) is 5.73 Å². The quantitative estimate of drug-likeness (QED) is 0.769. The largest absolute Gasteiger partial charge is 0.366 e. The Hall–Kier alpha value is -1.09. The third-order valence-electron chi connectivity index (χ3n) is 1.33. The van der Waals surface area contributed by atoms with Crippen LogP contribution in [0.4, 0.5) is 0 Å². The number of hydrogen-bond donors (Lipinski definition) is 1. The molecule has 1 rings (SSSR count). The third-order valence-corrected chi connectivity index (χ3v) is 2.05. The molecule has 0 spiro atoms. The predicted octanol–water partition coefficient (Wildman–Crippen LogP) is 1.95. The Kier molecular flexibility index (Phi) is 3.05. The fraction of sp³-hybridized carbons (Fsp3) is 0. The molecule has 0 fully saturated rings. The van der Waals surface area contributed by atoms with E-state index in [1.54, 1.807) is 6.08 Å². The summed E-state index contributed by atoms with van der Waals surface area (Å²) in [5.74, 6) is -0.439. The van der Waals surface area contributed by atoms with Gasteiger partial charge in [-0.2, -0.15) is 0 Å². The van der Waals surface area contributed by atoms with Crippen molar-refractivity contribution in [2.75, 3.05) is 0 Å². The van der Waals surface area contributed by atoms with Crippen LogP contribution in [0.1, 0.15) is 5.56 Å². The van der Waals surface area contributed by atoms with Gasteiger partial charge in [-0.3, -0.25) is 4.79 Å². The minimum Gasteiger partial charge on any atom is -0.366 e. The number of hydrogen-bond acceptors (Lipinski definition) is 1. The van der Waals surface area contributed by atoms with Gasteiger partial charge in [-0.05, 0) is 17.7 Å². The molecule has 0 heterocycles. The van der Waals surface area contributed by atoms with Crippen molar-refractivity contribution in [1.82, 2.24) is 0 Å². The molecule has 0 atom stereocenters. The highest BCUT2D eigenvalue weighted by Gasteiger charge is 1.92. The standard InChI is InChI=1S/C9H8BrNO/c10-8-4-2-1-3-7(8)5-6-9(11)12/h1-6H,(H2,11,12). The fourth-order valence-corrected chi connectivity index (χ4v) is 1.20. The number of carbonyl (C=O) groups excluding carboxylic acids is 1. The molecule has 2 nitrogen and oxygen atoms in total. The van der Waals surface area contributed by atoms with Crippen molar-refractivity contribution in [1.29, 1.82) is 0 Å². The van der Waals surface area contributed by atoms with E-state index in [9.17, 15) is 4.79 Å². The van der Waals surface area contributed by atoms with E-state index < -0.39 is 5.91 Å². The maximum atomic E-state index is 10.4. The average molecular weight is 226 g/mol. The molecule has 0 aromatic heterocycles. The monoisotopic (exact) mass is 225 g/mol. The number of nitrogens with two attached hydrogens (primary N) is 1. The van der Waals surface area contributed by atoms with Gasteiger partial charge < -0.3 is 5.73 Å². The molecule has 12 heavy (non-hydrogen) atoms. The molecule has 1 amide bonds. The molecule has 0 aliphatic carbocycles. The highest BCUT2D eigenvalue weighted by Crippen LogP contribution is 2.16. The molecule has 0 bridgehead atoms. The Morgan fingerprint density at radius 3 is 2.67 bits per heavy atom. The van der Waals surface area contributed by atoms with Crippen LogP contribution in [0.2, 0.25) is 0 Å². The van der Waals surface area contributed by atoms with E-state index in [1.165, 1.54) is 6.08 Å². The van der Waals surface area contributed by atoms with Crippen LogP contribution in [-0.4, -0.2) is 5.91 Å². The van der Waals surface area contributed by atoms with Crippen LogP contribution < -0.4 is 5.73 Å². The summed E-state index contributed by atoms with van der Waals surface area (Å²) in [6, 6.07) is 7.60. The summed E-state index contributed by atoms with van der Waals surface area (Å²) < 4.78 is 0.947. The van der Waals surface area contributed by atoms with Crippen LogP contribution in [0.25, 0.3) is 6.08 Å². The second kappa shape index (κ2) is 4.07. The summed E-state index contributed by atoms with van der Waals surface area (Å²) in [4.78, 5) is 10.4. The predicted molar refractivity (Wildman–Crippen MR) is 52.4 cm³/mol. The molecule has 1 aromatic carbocycles. The van der Waals surface area contributed by atoms with Gasteiger partial charge in [0.15, 0.2) is 0 Å². The molecule has 0 unspecified atom stereocenters. The summed E-state index contributed by atoms with van der Waals surface area (Å²) in [5, 5.41) is 0. The van der Waals surface area contributed by atoms with Gasteiger partial charge in [0.05, 0.1) is 0 Å². The van der Waals surface area contributed by atoms with Crippen molar-refractivity contribution >= 4 is 27.9 Å². The number of amides is 1. The summed E-state index contributed by atoms with van der Waals surface area (Å²) in [5.41, 5.74) is 5.89. The molecule has 3 heteroatoms. The summed E-state index contributed by atoms with van der Waals surface area (Å²) in [6.45, 7) is 0. The van der Waals surface area contributed by atoms with Crippen molar-refractivity contribution in [3.05, 3.63) is 40.4 Å². The van der Waals surface area contributed by atoms with Gasteiger partial charge in [0.1, 0.15) is 0 Å². The van der Waals surface area contributed by atoms with Crippen LogP contribution in [0.15, 0.2) is 34.8 Å². The number of carbonyl (C=O) groups is 1. The summed E-state index contributed by atoms with van der Waals surface area (Å²) in [7, 11) is 0. The van der Waals surface area contributed by atoms with Crippen LogP contribution in [0.3, 0.4) is 0 Å². The van der Waals surface area contributed by atoms with Crippen molar-refractivity contribution in [2.24, 2.45) is 5.73 Å². The van der Waals surface area contributed by atoms with Crippen LogP contribution >= 0.6 is 15.9 Å². The first-order chi connectivity index (χ1) is 5.70. The van der Waals surface area contributed by atoms with Gasteiger partial charge in [0.2, 0.25) is 5.91 Å². The van der Waals surface area contributed by atoms with Gasteiger partial charge in [0, 0.05) is 10.5 Å². The van der Waals surface area contributed by atoms with E-state index in [-0.39, 0.29) is 0 Å². The van der Waals surface area contributed by atoms with E-state index in [2.05, 4.69) is 15.9 Å². The molecule has 0 aliphatic rings. The van der Waals surface area contributed by atoms with Crippen LogP contribution in [-0.2, 0) is 4.79 Å². The minimum atomic E-state index is -0.439. The number of benzene rings is 1. The maximum Gasteiger partial charge on any atom is 0.241 e. The zero-order valence-electron chi connectivity index (χ0n) is 6.33. The Morgan fingerprint density at radius 1 is 1.42 bits per heavy atom. The molecular formula is C9H8BrNO. The minimum absolute atomic E-state index is 0.439. The van der Waals surface area contributed by atoms with Gasteiger partial charge >= 0.3 is 0 Å². The first kappa shape index (κ1) is 9.00. The Labute approximate surface area is 79.2 Å². The molecule has 62 valence electrons. The van der Waals surface area contributed by atoms with Crippen LogP contribution in [0.5, 0.6) is 0 Å². The highest BCUT2D eigenvalue weighted by atomic mass is 79.9. The molecule has 0 aliphatic heterocycles. The third kappa shape index (κ3) is 2.51. The zero-order valence-corrected chi connectivity index (χ0v) is 7.91. The first-order valence-electron chi connectivity index (χ1n) is 3.42. The lowest BCUT2D eigenvalue weighted by Gasteiger charge is -1.94. The lowest BCUT2D eigenvalue weighted by molar-refractivity contribution is -0.113. The van der Waals surface area contributed by atoms with Gasteiger partial charge in [-0.25, -0.2) is 0 Å². The van der Waals surface area contributed by atoms with Crippen molar-refractivity contribution in [3.8, 4) is 0 Å². The fourth-order valence-electron chi connectivity index (χ4n) is 0.782. The average Bonchev–Trinajstić information content (AvgIpc) is 2.03. The van der Waals surface area contributed by atoms with Gasteiger partial charge in [-0.15, -0.1) is 0 Å². The second-order valence-corrected chi connectivity index (χ2v) is 3.11. The molecule has 0 saturated carbocycles. The SMILES string of the molecule is NC(=O)C=Cc1ccccc1Br. The van der Waals surface area contributed by atoms with E-state index in [1.807, 2.05) is 24.3 Å². The Bertz CT molecular complexity index is 320. The second-order valence-electron chi connectivity index (χ2n) is 2.26. The van der Waals surface area contributed by atoms with E-state index in [0.717, 1.165) is 10.0 Å². The van der Waals surface area contributed by atoms with Crippen LogP contribution in [0, 0.1) is 0 Å². The van der Waals surface area contributed by atoms with Crippen molar-refractivity contribution in [2.45, 2.75) is 0 Å². The molecule has 0 saturated heterocycles. The topological polar surface area (TPSA) is 43.1 Å². The highest BCUT2D eigenvalue weighted by molar-refractivity contribution is 9.10. The van der Waals surface area contributed by atoms with E-state index in [0.29, 0.717) is 0 Å². The summed E-state index contributed by atoms with van der Waals surface area (Å²) in [6.07, 6.45) is 3.01. The van der Waals surface area contributed by atoms with Gasteiger partial charge in [-0.1, -0.05) is 34.1 Å². The number of rotatable bonds is 2. The van der Waals surface area contributed by atoms with Crippen molar-refractivity contribution in [3.63, 3.8) is 0 Å². The molecule has 2 N–H and O–H groups in total. The Balaban J connectivity index is 2.89. The number of halogens is 1. The lowest BCUT2D eigenvalue weighted by atomic mass is 10.2. The molecular weight excluding hydrogens is 218 g/mol. The first-order valence-corrected chi connectivity index (χ1v) is 4.21. The number of primary amides is 1. The smallest absolute Gasteiger partial charge is 0.241 e. The summed E-state index contributed by atoms with van der Waals surface area (Å²) >= 11 is 3.34. The van der Waals surface area contributed by atoms with Crippen molar-refractivity contribution < 1.29 is 4.79 Å². The van der Waals surface area contributed by atoms with E-state index >= 15 is 0 Å². The van der Waals surface area contributed by atoms with Gasteiger partial charge in [0.25, 0.3) is 0 Å². The molecule has 1 aromatic rings. The normalized spacial score (nSPS) is 10.4. The zero-order chi connectivity index (χ0) is 8.97.